The van der Waals surface area contributed by atoms with Crippen molar-refractivity contribution in [1.82, 2.24) is 35.2 Å². The lowest BCUT2D eigenvalue weighted by Gasteiger charge is -2.41. The molecule has 3 aromatic rings. The molecule has 0 bridgehead atoms. The highest BCUT2D eigenvalue weighted by molar-refractivity contribution is 5.91. The molecule has 0 unspecified atom stereocenters. The van der Waals surface area contributed by atoms with E-state index in [1.807, 2.05) is 11.1 Å². The summed E-state index contributed by atoms with van der Waals surface area (Å²) in [5, 5.41) is 13.5. The number of amides is 1. The third-order valence-corrected chi connectivity index (χ3v) is 6.41. The number of nitrogens with zero attached hydrogens (tertiary/aromatic N) is 6. The maximum absolute atomic E-state index is 12.6. The lowest BCUT2D eigenvalue weighted by molar-refractivity contribution is 0.0440. The average Bonchev–Trinajstić information content (AvgIpc) is 3.42. The van der Waals surface area contributed by atoms with Crippen molar-refractivity contribution >= 4 is 17.5 Å². The molecular weight excluding hydrogens is 404 g/mol. The molecule has 2 atom stereocenters. The highest BCUT2D eigenvalue weighted by Gasteiger charge is 2.36. The predicted molar refractivity (Wildman–Crippen MR) is 120 cm³/mol. The minimum absolute atomic E-state index is 0.0540. The highest BCUT2D eigenvalue weighted by atomic mass is 16.2. The van der Waals surface area contributed by atoms with Gasteiger partial charge in [0.05, 0.1) is 11.9 Å². The van der Waals surface area contributed by atoms with E-state index in [2.05, 4.69) is 69.6 Å². The first-order valence-corrected chi connectivity index (χ1v) is 11.1. The monoisotopic (exact) mass is 432 g/mol. The van der Waals surface area contributed by atoms with E-state index in [0.717, 1.165) is 37.4 Å². The fourth-order valence-corrected chi connectivity index (χ4v) is 4.98. The minimum atomic E-state index is -0.0540. The Bertz CT molecular complexity index is 1110. The molecule has 0 aliphatic carbocycles. The summed E-state index contributed by atoms with van der Waals surface area (Å²) >= 11 is 0. The number of aryl methyl sites for hydroxylation is 2. The van der Waals surface area contributed by atoms with E-state index in [1.54, 1.807) is 6.20 Å². The summed E-state index contributed by atoms with van der Waals surface area (Å²) in [6.07, 6.45) is 4.43. The van der Waals surface area contributed by atoms with Crippen LogP contribution >= 0.6 is 0 Å². The van der Waals surface area contributed by atoms with E-state index >= 15 is 0 Å². The van der Waals surface area contributed by atoms with Crippen molar-refractivity contribution in [1.29, 1.82) is 0 Å². The molecule has 2 aromatic heterocycles. The van der Waals surface area contributed by atoms with Crippen LogP contribution in [-0.4, -0.2) is 60.2 Å². The van der Waals surface area contributed by atoms with Crippen LogP contribution in [0.4, 0.5) is 11.6 Å². The van der Waals surface area contributed by atoms with E-state index in [4.69, 9.17) is 4.98 Å². The van der Waals surface area contributed by atoms with Gasteiger partial charge in [-0.3, -0.25) is 14.8 Å². The van der Waals surface area contributed by atoms with E-state index in [0.29, 0.717) is 30.1 Å². The molecule has 2 aliphatic rings. The molecule has 166 valence electrons. The van der Waals surface area contributed by atoms with E-state index in [9.17, 15) is 4.79 Å². The molecule has 0 spiro atoms. The second-order valence-corrected chi connectivity index (χ2v) is 9.02. The first-order valence-electron chi connectivity index (χ1n) is 11.1. The molecule has 0 saturated carbocycles. The SMILES string of the molecule is Cc1cc(C)cc(Nc2ncc3c(n2)CN([C@H]2CCN(C(=O)c4c[nH]nn4)C[C@H]2C)C3)c1. The van der Waals surface area contributed by atoms with Crippen LogP contribution in [0.3, 0.4) is 0 Å². The molecule has 1 saturated heterocycles. The molecule has 4 heterocycles. The smallest absolute Gasteiger partial charge is 0.276 e. The molecule has 1 amide bonds. The predicted octanol–water partition coefficient (Wildman–Crippen LogP) is 2.82. The maximum atomic E-state index is 12.6. The van der Waals surface area contributed by atoms with Crippen LogP contribution in [0.5, 0.6) is 0 Å². The second kappa shape index (κ2) is 8.31. The van der Waals surface area contributed by atoms with Gasteiger partial charge < -0.3 is 10.2 Å². The first kappa shape index (κ1) is 20.6. The summed E-state index contributed by atoms with van der Waals surface area (Å²) in [5.41, 5.74) is 6.08. The van der Waals surface area contributed by atoms with Gasteiger partial charge in [0.1, 0.15) is 0 Å². The van der Waals surface area contributed by atoms with Gasteiger partial charge >= 0.3 is 0 Å². The minimum Gasteiger partial charge on any atom is -0.337 e. The Balaban J connectivity index is 1.24. The Kier molecular flexibility index (Phi) is 5.34. The number of rotatable bonds is 4. The molecule has 9 nitrogen and oxygen atoms in total. The quantitative estimate of drug-likeness (QED) is 0.653. The Morgan fingerprint density at radius 1 is 1.19 bits per heavy atom. The molecular formula is C23H28N8O. The van der Waals surface area contributed by atoms with Crippen LogP contribution in [0.25, 0.3) is 0 Å². The topological polar surface area (TPSA) is 103 Å². The number of likely N-dealkylation sites (tertiary alicyclic amines) is 1. The number of benzene rings is 1. The maximum Gasteiger partial charge on any atom is 0.276 e. The fourth-order valence-electron chi connectivity index (χ4n) is 4.98. The molecule has 0 radical (unpaired) electrons. The molecule has 2 N–H and O–H groups in total. The zero-order valence-corrected chi connectivity index (χ0v) is 18.7. The summed E-state index contributed by atoms with van der Waals surface area (Å²) in [5.74, 6) is 0.938. The summed E-state index contributed by atoms with van der Waals surface area (Å²) < 4.78 is 0. The van der Waals surface area contributed by atoms with Crippen LogP contribution in [0.1, 0.15) is 46.2 Å². The van der Waals surface area contributed by atoms with Crippen LogP contribution in [0, 0.1) is 19.8 Å². The van der Waals surface area contributed by atoms with Crippen molar-refractivity contribution in [2.45, 2.75) is 46.3 Å². The standard InChI is InChI=1S/C23H28N8O/c1-14-6-15(2)8-18(7-14)26-23-24-9-17-12-31(13-20(17)27-23)21-4-5-30(11-16(21)3)22(32)19-10-25-29-28-19/h6-10,16,21H,4-5,11-13H2,1-3H3,(H,24,26,27)(H,25,28,29)/t16-,21+/m1/s1. The molecule has 32 heavy (non-hydrogen) atoms. The van der Waals surface area contributed by atoms with Crippen molar-refractivity contribution in [2.75, 3.05) is 18.4 Å². The van der Waals surface area contributed by atoms with Gasteiger partial charge in [-0.15, -0.1) is 5.10 Å². The normalized spacial score (nSPS) is 20.9. The van der Waals surface area contributed by atoms with Crippen molar-refractivity contribution < 1.29 is 4.79 Å². The van der Waals surface area contributed by atoms with Gasteiger partial charge in [-0.25, -0.2) is 9.97 Å². The zero-order valence-electron chi connectivity index (χ0n) is 18.7. The summed E-state index contributed by atoms with van der Waals surface area (Å²) in [7, 11) is 0. The second-order valence-electron chi connectivity index (χ2n) is 9.02. The third-order valence-electron chi connectivity index (χ3n) is 6.41. The fraction of sp³-hybridized carbons (Fsp3) is 0.435. The summed E-state index contributed by atoms with van der Waals surface area (Å²) in [4.78, 5) is 26.3. The largest absolute Gasteiger partial charge is 0.337 e. The van der Waals surface area contributed by atoms with Crippen molar-refractivity contribution in [3.05, 3.63) is 58.7 Å². The van der Waals surface area contributed by atoms with Gasteiger partial charge in [0.15, 0.2) is 5.69 Å². The van der Waals surface area contributed by atoms with Crippen LogP contribution in [0.15, 0.2) is 30.6 Å². The number of H-pyrrole nitrogens is 1. The number of carbonyl (C=O) groups excluding carboxylic acids is 1. The van der Waals surface area contributed by atoms with E-state index < -0.39 is 0 Å². The molecule has 9 heteroatoms. The van der Waals surface area contributed by atoms with Crippen LogP contribution in [-0.2, 0) is 13.1 Å². The van der Waals surface area contributed by atoms with Gasteiger partial charge in [0.2, 0.25) is 5.95 Å². The molecule has 2 aliphatic heterocycles. The van der Waals surface area contributed by atoms with Crippen molar-refractivity contribution in [3.8, 4) is 0 Å². The van der Waals surface area contributed by atoms with Crippen LogP contribution < -0.4 is 5.32 Å². The Labute approximate surface area is 187 Å². The number of piperidine rings is 1. The number of nitrogens with one attached hydrogen (secondary N) is 2. The summed E-state index contributed by atoms with van der Waals surface area (Å²) in [6.45, 7) is 9.50. The lowest BCUT2D eigenvalue weighted by atomic mass is 9.92. The number of anilines is 2. The average molecular weight is 433 g/mol. The third kappa shape index (κ3) is 4.08. The van der Waals surface area contributed by atoms with Gasteiger partial charge in [-0.2, -0.15) is 0 Å². The van der Waals surface area contributed by atoms with E-state index in [-0.39, 0.29) is 5.91 Å². The number of fused-ring (bicyclic) bond motifs is 1. The lowest BCUT2D eigenvalue weighted by Crippen LogP contribution is -2.50. The van der Waals surface area contributed by atoms with E-state index in [1.165, 1.54) is 16.7 Å². The number of hydrogen-bond donors (Lipinski definition) is 2. The number of hydrogen-bond acceptors (Lipinski definition) is 7. The molecule has 1 aromatic carbocycles. The van der Waals surface area contributed by atoms with Gasteiger partial charge in [0.25, 0.3) is 5.91 Å². The van der Waals surface area contributed by atoms with Gasteiger partial charge in [-0.05, 0) is 49.4 Å². The molecule has 5 rings (SSSR count). The van der Waals surface area contributed by atoms with Crippen molar-refractivity contribution in [2.24, 2.45) is 5.92 Å². The number of carbonyl (C=O) groups is 1. The molecule has 1 fully saturated rings. The Morgan fingerprint density at radius 3 is 2.72 bits per heavy atom. The van der Waals surface area contributed by atoms with Crippen LogP contribution in [0.2, 0.25) is 0 Å². The number of aromatic nitrogens is 5. The highest BCUT2D eigenvalue weighted by Crippen LogP contribution is 2.31. The Morgan fingerprint density at radius 2 is 2.00 bits per heavy atom. The first-order chi connectivity index (χ1) is 15.5. The Hall–Kier alpha value is -3.33. The zero-order chi connectivity index (χ0) is 22.2. The summed E-state index contributed by atoms with van der Waals surface area (Å²) in [6, 6.07) is 6.76. The van der Waals surface area contributed by atoms with Gasteiger partial charge in [0, 0.05) is 49.7 Å². The van der Waals surface area contributed by atoms with Crippen molar-refractivity contribution in [3.63, 3.8) is 0 Å². The number of aromatic amines is 1. The van der Waals surface area contributed by atoms with Gasteiger partial charge in [-0.1, -0.05) is 18.2 Å².